The lowest BCUT2D eigenvalue weighted by Crippen LogP contribution is -2.56. The molecule has 0 spiro atoms. The molecule has 3 heteroatoms. The number of likely N-dealkylation sites (tertiary alicyclic amines) is 1. The molecule has 3 heterocycles. The van der Waals surface area contributed by atoms with E-state index in [4.69, 9.17) is 0 Å². The summed E-state index contributed by atoms with van der Waals surface area (Å²) in [5.41, 5.74) is 0. The molecule has 1 N–H and O–H groups in total. The molecule has 19 heavy (non-hydrogen) atoms. The summed E-state index contributed by atoms with van der Waals surface area (Å²) in [6.45, 7) is 6.09. The van der Waals surface area contributed by atoms with Crippen molar-refractivity contribution >= 4 is 0 Å². The quantitative estimate of drug-likeness (QED) is 0.839. The molecule has 0 radical (unpaired) electrons. The van der Waals surface area contributed by atoms with Gasteiger partial charge in [-0.25, -0.2) is 0 Å². The lowest BCUT2D eigenvalue weighted by Gasteiger charge is -2.46. The van der Waals surface area contributed by atoms with Gasteiger partial charge in [-0.3, -0.25) is 4.90 Å². The minimum atomic E-state index is 0.801. The number of nitrogens with zero attached hydrogens (tertiary/aromatic N) is 2. The Balaban J connectivity index is 1.59. The van der Waals surface area contributed by atoms with Crippen LogP contribution in [0.2, 0.25) is 0 Å². The zero-order chi connectivity index (χ0) is 13.2. The Morgan fingerprint density at radius 2 is 1.79 bits per heavy atom. The van der Waals surface area contributed by atoms with Crippen molar-refractivity contribution in [2.75, 3.05) is 26.7 Å². The molecule has 0 aromatic heterocycles. The summed E-state index contributed by atoms with van der Waals surface area (Å²) < 4.78 is 0. The number of likely N-dealkylation sites (N-methyl/N-ethyl adjacent to an activating group) is 1. The first-order valence-electron chi connectivity index (χ1n) is 8.47. The van der Waals surface area contributed by atoms with Crippen LogP contribution in [0.3, 0.4) is 0 Å². The highest BCUT2D eigenvalue weighted by Gasteiger charge is 2.44. The molecule has 0 aliphatic carbocycles. The second kappa shape index (κ2) is 6.11. The number of fused-ring (bicyclic) bond motifs is 2. The van der Waals surface area contributed by atoms with Crippen molar-refractivity contribution in [2.45, 2.75) is 76.0 Å². The molecule has 3 nitrogen and oxygen atoms in total. The number of rotatable bonds is 4. The Labute approximate surface area is 118 Å². The molecule has 3 aliphatic rings. The van der Waals surface area contributed by atoms with Gasteiger partial charge in [0.15, 0.2) is 0 Å². The van der Waals surface area contributed by atoms with Crippen molar-refractivity contribution in [2.24, 2.45) is 0 Å². The molecule has 3 atom stereocenters. The number of hydrogen-bond donors (Lipinski definition) is 1. The fourth-order valence-electron chi connectivity index (χ4n) is 4.71. The molecule has 0 amide bonds. The van der Waals surface area contributed by atoms with Crippen molar-refractivity contribution < 1.29 is 0 Å². The summed E-state index contributed by atoms with van der Waals surface area (Å²) in [4.78, 5) is 5.47. The molecule has 3 rings (SSSR count). The minimum absolute atomic E-state index is 0.801. The van der Waals surface area contributed by atoms with Gasteiger partial charge in [-0.15, -0.1) is 0 Å². The molecule has 0 aromatic carbocycles. The van der Waals surface area contributed by atoms with Crippen LogP contribution in [0.5, 0.6) is 0 Å². The maximum Gasteiger partial charge on any atom is 0.0229 e. The van der Waals surface area contributed by atoms with Gasteiger partial charge in [-0.1, -0.05) is 6.92 Å². The van der Waals surface area contributed by atoms with Crippen molar-refractivity contribution in [1.29, 1.82) is 0 Å². The summed E-state index contributed by atoms with van der Waals surface area (Å²) in [7, 11) is 2.30. The standard InChI is InChI=1S/C16H31N3/c1-3-8-17-13-10-14-6-7-15(11-13)19(14)16-5-4-9-18(2)12-16/h13-17H,3-12H2,1-2H3. The molecule has 2 bridgehead atoms. The number of hydrogen-bond acceptors (Lipinski definition) is 3. The first kappa shape index (κ1) is 13.8. The van der Waals surface area contributed by atoms with Gasteiger partial charge in [0.05, 0.1) is 0 Å². The molecular weight excluding hydrogens is 234 g/mol. The lowest BCUT2D eigenvalue weighted by molar-refractivity contribution is 0.0333. The fourth-order valence-corrected chi connectivity index (χ4v) is 4.71. The average molecular weight is 265 g/mol. The van der Waals surface area contributed by atoms with Gasteiger partial charge < -0.3 is 10.2 Å². The zero-order valence-electron chi connectivity index (χ0n) is 12.8. The smallest absolute Gasteiger partial charge is 0.0229 e. The van der Waals surface area contributed by atoms with Crippen molar-refractivity contribution in [3.63, 3.8) is 0 Å². The van der Waals surface area contributed by atoms with Crippen molar-refractivity contribution in [1.82, 2.24) is 15.1 Å². The van der Waals surface area contributed by atoms with Gasteiger partial charge in [0.25, 0.3) is 0 Å². The zero-order valence-corrected chi connectivity index (χ0v) is 12.8. The van der Waals surface area contributed by atoms with Crippen LogP contribution >= 0.6 is 0 Å². The maximum atomic E-state index is 3.77. The third-order valence-electron chi connectivity index (χ3n) is 5.49. The van der Waals surface area contributed by atoms with Gasteiger partial charge in [0, 0.05) is 30.7 Å². The summed E-state index contributed by atoms with van der Waals surface area (Å²) >= 11 is 0. The molecule has 3 unspecified atom stereocenters. The van der Waals surface area contributed by atoms with Gasteiger partial charge in [0.2, 0.25) is 0 Å². The van der Waals surface area contributed by atoms with Gasteiger partial charge in [0.1, 0.15) is 0 Å². The van der Waals surface area contributed by atoms with E-state index in [1.807, 2.05) is 0 Å². The van der Waals surface area contributed by atoms with Gasteiger partial charge in [-0.2, -0.15) is 0 Å². The van der Waals surface area contributed by atoms with Crippen LogP contribution < -0.4 is 5.32 Å². The number of piperidine rings is 2. The Morgan fingerprint density at radius 3 is 2.42 bits per heavy atom. The molecule has 0 saturated carbocycles. The van der Waals surface area contributed by atoms with Crippen LogP contribution in [0.15, 0.2) is 0 Å². The van der Waals surface area contributed by atoms with Crippen LogP contribution in [0.1, 0.15) is 51.9 Å². The molecule has 3 aliphatic heterocycles. The molecule has 0 aromatic rings. The normalized spacial score (nSPS) is 40.7. The first-order chi connectivity index (χ1) is 9.28. The Hall–Kier alpha value is -0.120. The SMILES string of the molecule is CCCNC1CC2CCC(C1)N2C1CCCN(C)C1. The molecule has 3 fully saturated rings. The van der Waals surface area contributed by atoms with Crippen LogP contribution in [0, 0.1) is 0 Å². The third-order valence-corrected chi connectivity index (χ3v) is 5.49. The topological polar surface area (TPSA) is 18.5 Å². The van der Waals surface area contributed by atoms with E-state index in [1.54, 1.807) is 0 Å². The molecule has 3 saturated heterocycles. The monoisotopic (exact) mass is 265 g/mol. The van der Waals surface area contributed by atoms with Crippen LogP contribution in [0.25, 0.3) is 0 Å². The highest BCUT2D eigenvalue weighted by molar-refractivity contribution is 5.01. The van der Waals surface area contributed by atoms with Gasteiger partial charge >= 0.3 is 0 Å². The fraction of sp³-hybridized carbons (Fsp3) is 1.00. The highest BCUT2D eigenvalue weighted by Crippen LogP contribution is 2.38. The summed E-state index contributed by atoms with van der Waals surface area (Å²) in [5, 5.41) is 3.77. The second-order valence-electron chi connectivity index (χ2n) is 7.01. The van der Waals surface area contributed by atoms with Crippen molar-refractivity contribution in [3.8, 4) is 0 Å². The van der Waals surface area contributed by atoms with E-state index in [0.717, 1.165) is 24.2 Å². The van der Waals surface area contributed by atoms with Crippen LogP contribution in [-0.4, -0.2) is 60.6 Å². The third kappa shape index (κ3) is 2.98. The van der Waals surface area contributed by atoms with Crippen LogP contribution in [0.4, 0.5) is 0 Å². The van der Waals surface area contributed by atoms with E-state index < -0.39 is 0 Å². The van der Waals surface area contributed by atoms with E-state index in [-0.39, 0.29) is 0 Å². The maximum absolute atomic E-state index is 3.77. The summed E-state index contributed by atoms with van der Waals surface area (Å²) in [6.07, 6.45) is 9.81. The second-order valence-corrected chi connectivity index (χ2v) is 7.01. The largest absolute Gasteiger partial charge is 0.314 e. The van der Waals surface area contributed by atoms with E-state index in [0.29, 0.717) is 0 Å². The number of nitrogens with one attached hydrogen (secondary N) is 1. The van der Waals surface area contributed by atoms with E-state index in [2.05, 4.69) is 29.1 Å². The van der Waals surface area contributed by atoms with Gasteiger partial charge in [-0.05, 0) is 65.1 Å². The van der Waals surface area contributed by atoms with Crippen LogP contribution in [-0.2, 0) is 0 Å². The molecule has 110 valence electrons. The first-order valence-corrected chi connectivity index (χ1v) is 8.47. The van der Waals surface area contributed by atoms with E-state index in [1.165, 1.54) is 64.6 Å². The Kier molecular flexibility index (Phi) is 4.45. The lowest BCUT2D eigenvalue weighted by atomic mass is 9.93. The Bertz CT molecular complexity index is 280. The summed E-state index contributed by atoms with van der Waals surface area (Å²) in [6, 6.07) is 3.41. The average Bonchev–Trinajstić information content (AvgIpc) is 2.68. The Morgan fingerprint density at radius 1 is 1.05 bits per heavy atom. The predicted molar refractivity (Wildman–Crippen MR) is 80.5 cm³/mol. The van der Waals surface area contributed by atoms with Crippen molar-refractivity contribution in [3.05, 3.63) is 0 Å². The summed E-state index contributed by atoms with van der Waals surface area (Å²) in [5.74, 6) is 0. The molecular formula is C16H31N3. The predicted octanol–water partition coefficient (Wildman–Crippen LogP) is 2.08. The van der Waals surface area contributed by atoms with E-state index >= 15 is 0 Å². The highest BCUT2D eigenvalue weighted by atomic mass is 15.3. The van der Waals surface area contributed by atoms with E-state index in [9.17, 15) is 0 Å². The minimum Gasteiger partial charge on any atom is -0.314 e.